The van der Waals surface area contributed by atoms with Crippen LogP contribution in [0.4, 0.5) is 5.69 Å². The topological polar surface area (TPSA) is 40.6 Å². The highest BCUT2D eigenvalue weighted by molar-refractivity contribution is 7.11. The smallest absolute Gasteiger partial charge is 0.282 e. The van der Waals surface area contributed by atoms with Crippen molar-refractivity contribution < 1.29 is 9.59 Å². The molecule has 140 valence electrons. The summed E-state index contributed by atoms with van der Waals surface area (Å²) in [7, 11) is 0. The van der Waals surface area contributed by atoms with Crippen LogP contribution in [0.15, 0.2) is 47.5 Å². The number of hydrogen-bond acceptors (Lipinski definition) is 4. The van der Waals surface area contributed by atoms with E-state index in [0.29, 0.717) is 28.8 Å². The molecule has 2 aromatic rings. The summed E-state index contributed by atoms with van der Waals surface area (Å²) < 4.78 is 0. The van der Waals surface area contributed by atoms with Crippen molar-refractivity contribution in [3.63, 3.8) is 0 Å². The first-order chi connectivity index (χ1) is 13.0. The molecule has 4 nitrogen and oxygen atoms in total. The van der Waals surface area contributed by atoms with Gasteiger partial charge in [-0.25, -0.2) is 4.90 Å². The van der Waals surface area contributed by atoms with E-state index in [0.717, 1.165) is 30.0 Å². The average molecular weight is 381 g/mol. The zero-order chi connectivity index (χ0) is 19.1. The van der Waals surface area contributed by atoms with Gasteiger partial charge in [0.2, 0.25) is 0 Å². The second-order valence-electron chi connectivity index (χ2n) is 7.78. The Balaban J connectivity index is 1.83. The predicted octanol–water partition coefficient (Wildman–Crippen LogP) is 4.32. The van der Waals surface area contributed by atoms with Crippen LogP contribution in [-0.2, 0) is 9.59 Å². The number of para-hydroxylation sites is 1. The van der Waals surface area contributed by atoms with Gasteiger partial charge < -0.3 is 4.90 Å². The molecule has 3 heterocycles. The standard InChI is InChI=1S/C22H24N2O2S/c1-14-11-15(2)13-23(12-14)20-19(18-9-6-10-27-18)21(25)24(22(20)26)17-8-5-4-7-16(17)3/h4-10,14-15H,11-13H2,1-3H3. The fraction of sp³-hybridized carbons (Fsp3) is 0.364. The summed E-state index contributed by atoms with van der Waals surface area (Å²) in [4.78, 5) is 31.3. The average Bonchev–Trinajstić information content (AvgIpc) is 3.21. The Hall–Kier alpha value is -2.40. The van der Waals surface area contributed by atoms with Crippen molar-refractivity contribution in [1.29, 1.82) is 0 Å². The van der Waals surface area contributed by atoms with Gasteiger partial charge in [-0.15, -0.1) is 11.3 Å². The molecule has 0 bridgehead atoms. The second kappa shape index (κ2) is 6.97. The minimum Gasteiger partial charge on any atom is -0.366 e. The Labute approximate surface area is 164 Å². The Morgan fingerprint density at radius 2 is 1.67 bits per heavy atom. The number of likely N-dealkylation sites (tertiary alicyclic amines) is 1. The van der Waals surface area contributed by atoms with Gasteiger partial charge in [0.05, 0.1) is 11.3 Å². The van der Waals surface area contributed by atoms with E-state index < -0.39 is 0 Å². The molecule has 2 unspecified atom stereocenters. The minimum absolute atomic E-state index is 0.195. The van der Waals surface area contributed by atoms with E-state index >= 15 is 0 Å². The molecule has 1 aromatic heterocycles. The van der Waals surface area contributed by atoms with Crippen molar-refractivity contribution in [3.05, 3.63) is 57.9 Å². The number of aryl methyl sites for hydroxylation is 1. The van der Waals surface area contributed by atoms with Crippen LogP contribution in [0.5, 0.6) is 0 Å². The van der Waals surface area contributed by atoms with Crippen molar-refractivity contribution in [3.8, 4) is 0 Å². The summed E-state index contributed by atoms with van der Waals surface area (Å²) in [6.45, 7) is 8.00. The largest absolute Gasteiger partial charge is 0.366 e. The van der Waals surface area contributed by atoms with Crippen LogP contribution < -0.4 is 4.90 Å². The number of carbonyl (C=O) groups is 2. The lowest BCUT2D eigenvalue weighted by molar-refractivity contribution is -0.120. The molecule has 0 saturated carbocycles. The molecule has 0 N–H and O–H groups in total. The number of hydrogen-bond donors (Lipinski definition) is 0. The minimum atomic E-state index is -0.211. The van der Waals surface area contributed by atoms with Gasteiger partial charge in [-0.2, -0.15) is 0 Å². The third-order valence-corrected chi connectivity index (χ3v) is 6.26. The molecule has 2 aliphatic heterocycles. The van der Waals surface area contributed by atoms with Crippen LogP contribution in [-0.4, -0.2) is 29.8 Å². The van der Waals surface area contributed by atoms with Gasteiger partial charge in [0.1, 0.15) is 5.70 Å². The number of carbonyl (C=O) groups excluding carboxylic acids is 2. The number of rotatable bonds is 3. The zero-order valence-electron chi connectivity index (χ0n) is 15.9. The molecule has 2 atom stereocenters. The summed E-state index contributed by atoms with van der Waals surface area (Å²) in [5, 5.41) is 1.95. The molecule has 1 aromatic carbocycles. The van der Waals surface area contributed by atoms with Crippen molar-refractivity contribution in [1.82, 2.24) is 4.90 Å². The lowest BCUT2D eigenvalue weighted by Crippen LogP contribution is -2.42. The van der Waals surface area contributed by atoms with Crippen LogP contribution in [0.25, 0.3) is 5.57 Å². The first-order valence-corrected chi connectivity index (χ1v) is 10.3. The fourth-order valence-corrected chi connectivity index (χ4v) is 5.10. The lowest BCUT2D eigenvalue weighted by Gasteiger charge is -2.37. The van der Waals surface area contributed by atoms with Crippen molar-refractivity contribution >= 4 is 34.4 Å². The van der Waals surface area contributed by atoms with Crippen LogP contribution in [0.3, 0.4) is 0 Å². The van der Waals surface area contributed by atoms with Gasteiger partial charge in [0.15, 0.2) is 0 Å². The number of imide groups is 1. The van der Waals surface area contributed by atoms with E-state index in [1.807, 2.05) is 48.7 Å². The first kappa shape index (κ1) is 18.0. The number of nitrogens with zero attached hydrogens (tertiary/aromatic N) is 2. The quantitative estimate of drug-likeness (QED) is 0.745. The van der Waals surface area contributed by atoms with E-state index in [1.165, 1.54) is 16.2 Å². The summed E-state index contributed by atoms with van der Waals surface area (Å²) in [6, 6.07) is 11.4. The predicted molar refractivity (Wildman–Crippen MR) is 109 cm³/mol. The Morgan fingerprint density at radius 1 is 0.963 bits per heavy atom. The maximum Gasteiger partial charge on any atom is 0.282 e. The number of benzene rings is 1. The van der Waals surface area contributed by atoms with E-state index in [-0.39, 0.29) is 11.8 Å². The zero-order valence-corrected chi connectivity index (χ0v) is 16.8. The summed E-state index contributed by atoms with van der Waals surface area (Å²) in [5.41, 5.74) is 2.73. The Bertz CT molecular complexity index is 906. The number of thiophene rings is 1. The SMILES string of the molecule is Cc1ccccc1N1C(=O)C(c2cccs2)=C(N2CC(C)CC(C)C2)C1=O. The summed E-state index contributed by atoms with van der Waals surface area (Å²) >= 11 is 1.51. The molecule has 0 aliphatic carbocycles. The highest BCUT2D eigenvalue weighted by Crippen LogP contribution is 2.39. The molecule has 0 radical (unpaired) electrons. The molecule has 1 fully saturated rings. The van der Waals surface area contributed by atoms with E-state index in [1.54, 1.807) is 0 Å². The molecular weight excluding hydrogens is 356 g/mol. The van der Waals surface area contributed by atoms with Crippen LogP contribution in [0, 0.1) is 18.8 Å². The van der Waals surface area contributed by atoms with E-state index in [9.17, 15) is 9.59 Å². The molecule has 27 heavy (non-hydrogen) atoms. The van der Waals surface area contributed by atoms with E-state index in [2.05, 4.69) is 18.7 Å². The van der Waals surface area contributed by atoms with Crippen molar-refractivity contribution in [2.24, 2.45) is 11.8 Å². The Kier molecular flexibility index (Phi) is 4.64. The molecular formula is C22H24N2O2S. The lowest BCUT2D eigenvalue weighted by atomic mass is 9.91. The number of piperidine rings is 1. The highest BCUT2D eigenvalue weighted by atomic mass is 32.1. The molecule has 2 amide bonds. The van der Waals surface area contributed by atoms with Gasteiger partial charge in [-0.05, 0) is 48.3 Å². The summed E-state index contributed by atoms with van der Waals surface area (Å²) in [5.74, 6) is 0.596. The van der Waals surface area contributed by atoms with Crippen LogP contribution in [0.1, 0.15) is 30.7 Å². The van der Waals surface area contributed by atoms with Gasteiger partial charge >= 0.3 is 0 Å². The van der Waals surface area contributed by atoms with Crippen LogP contribution in [0.2, 0.25) is 0 Å². The normalized spacial score (nSPS) is 23.5. The van der Waals surface area contributed by atoms with Gasteiger partial charge in [0, 0.05) is 18.0 Å². The van der Waals surface area contributed by atoms with Gasteiger partial charge in [0.25, 0.3) is 11.8 Å². The maximum absolute atomic E-state index is 13.5. The third-order valence-electron chi connectivity index (χ3n) is 5.37. The van der Waals surface area contributed by atoms with Gasteiger partial charge in [-0.3, -0.25) is 9.59 Å². The summed E-state index contributed by atoms with van der Waals surface area (Å²) in [6.07, 6.45) is 1.15. The Morgan fingerprint density at radius 3 is 2.30 bits per heavy atom. The van der Waals surface area contributed by atoms with Crippen LogP contribution >= 0.6 is 11.3 Å². The molecule has 5 heteroatoms. The number of amides is 2. The molecule has 4 rings (SSSR count). The third kappa shape index (κ3) is 3.10. The monoisotopic (exact) mass is 380 g/mol. The van der Waals surface area contributed by atoms with Crippen molar-refractivity contribution in [2.45, 2.75) is 27.2 Å². The van der Waals surface area contributed by atoms with Gasteiger partial charge in [-0.1, -0.05) is 38.1 Å². The first-order valence-electron chi connectivity index (χ1n) is 9.45. The fourth-order valence-electron chi connectivity index (χ4n) is 4.33. The number of anilines is 1. The second-order valence-corrected chi connectivity index (χ2v) is 8.73. The maximum atomic E-state index is 13.5. The van der Waals surface area contributed by atoms with Crippen molar-refractivity contribution in [2.75, 3.05) is 18.0 Å². The molecule has 0 spiro atoms. The highest BCUT2D eigenvalue weighted by Gasteiger charge is 2.44. The molecule has 1 saturated heterocycles. The molecule has 2 aliphatic rings. The van der Waals surface area contributed by atoms with E-state index in [4.69, 9.17) is 0 Å².